The molecule has 6 nitrogen and oxygen atoms in total. The maximum atomic E-state index is 12.7. The van der Waals surface area contributed by atoms with Crippen molar-refractivity contribution in [2.45, 2.75) is 57.3 Å². The van der Waals surface area contributed by atoms with Crippen molar-refractivity contribution in [3.63, 3.8) is 0 Å². The van der Waals surface area contributed by atoms with Gasteiger partial charge in [-0.05, 0) is 0 Å². The van der Waals surface area contributed by atoms with Gasteiger partial charge >= 0.3 is 259 Å². The fourth-order valence-corrected chi connectivity index (χ4v) is 14.7. The average molecular weight is 784 g/mol. The van der Waals surface area contributed by atoms with Crippen LogP contribution in [0.4, 0.5) is 0 Å². The summed E-state index contributed by atoms with van der Waals surface area (Å²) in [6.45, 7) is 6.90. The molecule has 0 radical (unpaired) electrons. The topological polar surface area (TPSA) is 71.1 Å². The Morgan fingerprint density at radius 3 is 1.17 bits per heavy atom. The first-order valence-corrected chi connectivity index (χ1v) is 34.1. The van der Waals surface area contributed by atoms with Gasteiger partial charge < -0.3 is 0 Å². The summed E-state index contributed by atoms with van der Waals surface area (Å²) in [5, 5.41) is 3.58. The van der Waals surface area contributed by atoms with E-state index in [9.17, 15) is 9.59 Å². The summed E-state index contributed by atoms with van der Waals surface area (Å²) in [6, 6.07) is 12.6. The van der Waals surface area contributed by atoms with Crippen molar-refractivity contribution in [1.82, 2.24) is 0 Å². The third kappa shape index (κ3) is 6.25. The Morgan fingerprint density at radius 1 is 0.571 bits per heavy atom. The Morgan fingerprint density at radius 2 is 0.905 bits per heavy atom. The van der Waals surface area contributed by atoms with Crippen LogP contribution >= 0.6 is 0 Å². The fourth-order valence-electron chi connectivity index (χ4n) is 5.71. The standard InChI is InChI=1S/C28H24O6.6CH3.2Sn/c1-15-11-19-7-9-21(27(33-17(3)29)25(19)23(13-15)31-5)22-10-8-20-12-16(2)14-24(32-6)26(20)28(22)34-18(4)30;;;;;;;;/h9-14H,1-6H3;6*1H3;;. The fraction of sp³-hybridized carbons (Fsp3) is 0.353. The monoisotopic (exact) mass is 786 g/mol. The second kappa shape index (κ2) is 11.9. The molecular formula is C34H42O6Sn2. The molecule has 42 heavy (non-hydrogen) atoms. The normalized spacial score (nSPS) is 12.0. The quantitative estimate of drug-likeness (QED) is 0.112. The van der Waals surface area contributed by atoms with E-state index in [-0.39, 0.29) is 0 Å². The first kappa shape index (κ1) is 32.5. The zero-order valence-corrected chi connectivity index (χ0v) is 32.6. The van der Waals surface area contributed by atoms with Crippen molar-refractivity contribution < 1.29 is 28.5 Å². The maximum absolute atomic E-state index is 12.7. The van der Waals surface area contributed by atoms with Gasteiger partial charge in [0.15, 0.2) is 0 Å². The molecule has 0 amide bonds. The number of carbonyl (C=O) groups excluding carboxylic acids is 2. The molecule has 0 N–H and O–H groups in total. The van der Waals surface area contributed by atoms with Gasteiger partial charge in [0.25, 0.3) is 0 Å². The van der Waals surface area contributed by atoms with Crippen molar-refractivity contribution in [2.24, 2.45) is 0 Å². The SMILES string of the molecule is COc1cc(C)cc2[c]([Sn]([CH3])([CH3])[CH3])cc(-c3c[c]([Sn]([CH3])([CH3])[CH3])c4cc(C)cc(OC)c4c3OC(C)=O)c(OC(C)=O)c12. The molecule has 4 aromatic carbocycles. The number of hydrogen-bond acceptors (Lipinski definition) is 6. The molecule has 0 aromatic heterocycles. The molecule has 4 aromatic rings. The summed E-state index contributed by atoms with van der Waals surface area (Å²) in [5.41, 5.74) is 3.54. The molecule has 8 heteroatoms. The Bertz CT molecular complexity index is 1610. The van der Waals surface area contributed by atoms with Gasteiger partial charge in [0.2, 0.25) is 0 Å². The van der Waals surface area contributed by atoms with Crippen LogP contribution in [-0.4, -0.2) is 62.9 Å². The number of aryl methyl sites for hydroxylation is 2. The molecule has 0 saturated heterocycles. The van der Waals surface area contributed by atoms with Crippen LogP contribution in [0.1, 0.15) is 25.0 Å². The predicted octanol–water partition coefficient (Wildman–Crippen LogP) is 7.24. The van der Waals surface area contributed by atoms with Gasteiger partial charge in [-0.3, -0.25) is 0 Å². The number of ether oxygens (including phenoxy) is 4. The van der Waals surface area contributed by atoms with E-state index in [1.807, 2.05) is 26.0 Å². The van der Waals surface area contributed by atoms with Crippen LogP contribution in [0.3, 0.4) is 0 Å². The van der Waals surface area contributed by atoms with Crippen LogP contribution < -0.4 is 26.1 Å². The Balaban J connectivity index is 2.39. The number of rotatable bonds is 7. The first-order valence-electron chi connectivity index (χ1n) is 14.2. The van der Waals surface area contributed by atoms with Crippen molar-refractivity contribution in [1.29, 1.82) is 0 Å². The van der Waals surface area contributed by atoms with Gasteiger partial charge in [-0.25, -0.2) is 0 Å². The van der Waals surface area contributed by atoms with Gasteiger partial charge in [-0.1, -0.05) is 0 Å². The molecule has 0 aliphatic heterocycles. The molecule has 0 bridgehead atoms. The van der Waals surface area contributed by atoms with Gasteiger partial charge in [0, 0.05) is 0 Å². The van der Waals surface area contributed by atoms with Crippen LogP contribution in [0.25, 0.3) is 32.7 Å². The molecular weight excluding hydrogens is 742 g/mol. The summed E-state index contributed by atoms with van der Waals surface area (Å²) in [5.74, 6) is 1.21. The first-order chi connectivity index (χ1) is 19.5. The summed E-state index contributed by atoms with van der Waals surface area (Å²) in [6.07, 6.45) is 0. The van der Waals surface area contributed by atoms with Crippen LogP contribution in [0.5, 0.6) is 23.0 Å². The molecule has 0 aliphatic rings. The average Bonchev–Trinajstić information content (AvgIpc) is 2.85. The summed E-state index contributed by atoms with van der Waals surface area (Å²) >= 11 is -5.70. The third-order valence-electron chi connectivity index (χ3n) is 7.43. The third-order valence-corrected chi connectivity index (χ3v) is 19.0. The van der Waals surface area contributed by atoms with Gasteiger partial charge in [0.1, 0.15) is 0 Å². The number of methoxy groups -OCH3 is 2. The summed E-state index contributed by atoms with van der Waals surface area (Å²) < 4.78 is 26.5. The van der Waals surface area contributed by atoms with Gasteiger partial charge in [-0.2, -0.15) is 0 Å². The van der Waals surface area contributed by atoms with E-state index < -0.39 is 48.7 Å². The Labute approximate surface area is 257 Å². The van der Waals surface area contributed by atoms with E-state index in [2.05, 4.69) is 53.9 Å². The van der Waals surface area contributed by atoms with Crippen LogP contribution in [0.15, 0.2) is 36.4 Å². The van der Waals surface area contributed by atoms with E-state index in [4.69, 9.17) is 18.9 Å². The Kier molecular flexibility index (Phi) is 9.20. The van der Waals surface area contributed by atoms with Crippen LogP contribution in [-0.2, 0) is 9.59 Å². The molecule has 0 heterocycles. The number of carbonyl (C=O) groups is 2. The van der Waals surface area contributed by atoms with E-state index in [1.54, 1.807) is 14.2 Å². The van der Waals surface area contributed by atoms with E-state index in [0.29, 0.717) is 34.1 Å². The van der Waals surface area contributed by atoms with E-state index in [1.165, 1.54) is 21.0 Å². The molecule has 4 rings (SSSR count). The second-order valence-corrected chi connectivity index (χ2v) is 41.8. The molecule has 0 spiro atoms. The Hall–Kier alpha value is -2.46. The molecule has 0 aliphatic carbocycles. The van der Waals surface area contributed by atoms with Crippen molar-refractivity contribution in [3.05, 3.63) is 47.5 Å². The minimum absolute atomic E-state index is 0.405. The molecule has 0 unspecified atom stereocenters. The predicted molar refractivity (Wildman–Crippen MR) is 178 cm³/mol. The number of hydrogen-bond donors (Lipinski definition) is 0. The van der Waals surface area contributed by atoms with Crippen LogP contribution in [0.2, 0.25) is 29.6 Å². The number of benzene rings is 4. The van der Waals surface area contributed by atoms with Crippen LogP contribution in [0, 0.1) is 13.8 Å². The van der Waals surface area contributed by atoms with E-state index >= 15 is 0 Å². The molecule has 0 saturated carbocycles. The molecule has 222 valence electrons. The minimum atomic E-state index is -2.85. The number of fused-ring (bicyclic) bond motifs is 2. The van der Waals surface area contributed by atoms with E-state index in [0.717, 1.165) is 32.7 Å². The molecule has 0 atom stereocenters. The zero-order valence-electron chi connectivity index (χ0n) is 26.9. The van der Waals surface area contributed by atoms with Gasteiger partial charge in [0.05, 0.1) is 0 Å². The zero-order chi connectivity index (χ0) is 31.3. The van der Waals surface area contributed by atoms with Crippen molar-refractivity contribution in [2.75, 3.05) is 14.2 Å². The van der Waals surface area contributed by atoms with Gasteiger partial charge in [-0.15, -0.1) is 0 Å². The summed E-state index contributed by atoms with van der Waals surface area (Å²) in [4.78, 5) is 39.6. The molecule has 0 fully saturated rings. The second-order valence-electron chi connectivity index (χ2n) is 13.1. The van der Waals surface area contributed by atoms with Crippen molar-refractivity contribution in [3.8, 4) is 34.1 Å². The summed E-state index contributed by atoms with van der Waals surface area (Å²) in [7, 11) is 3.27. The van der Waals surface area contributed by atoms with Crippen molar-refractivity contribution >= 4 is 77.4 Å². The number of esters is 2.